The van der Waals surface area contributed by atoms with Gasteiger partial charge in [-0.3, -0.25) is 9.69 Å². The van der Waals surface area contributed by atoms with Gasteiger partial charge in [0, 0.05) is 26.2 Å². The van der Waals surface area contributed by atoms with Crippen molar-refractivity contribution in [3.05, 3.63) is 35.9 Å². The number of benzene rings is 1. The third-order valence-electron chi connectivity index (χ3n) is 4.09. The third kappa shape index (κ3) is 5.18. The molecule has 1 fully saturated rings. The molecule has 0 aromatic heterocycles. The Morgan fingerprint density at radius 1 is 1.32 bits per heavy atom. The number of hydrogen-bond acceptors (Lipinski definition) is 5. The van der Waals surface area contributed by atoms with E-state index in [1.54, 1.807) is 7.05 Å². The van der Waals surface area contributed by atoms with E-state index in [4.69, 9.17) is 0 Å². The number of nitrogens with one attached hydrogen (secondary N) is 1. The highest BCUT2D eigenvalue weighted by molar-refractivity contribution is 5.85. The van der Waals surface area contributed by atoms with Gasteiger partial charge >= 0.3 is 18.0 Å². The summed E-state index contributed by atoms with van der Waals surface area (Å²) in [5.74, 6) is -1.79. The first-order valence-corrected chi connectivity index (χ1v) is 7.99. The number of likely N-dealkylation sites (N-methyl/N-ethyl adjacent to an activating group) is 1. The molecule has 0 radical (unpaired) electrons. The molecule has 0 aliphatic carbocycles. The molecule has 0 bridgehead atoms. The molecule has 25 heavy (non-hydrogen) atoms. The predicted octanol–water partition coefficient (Wildman–Crippen LogP) is 0.386. The van der Waals surface area contributed by atoms with E-state index in [0.717, 1.165) is 5.56 Å². The average molecular weight is 349 g/mol. The highest BCUT2D eigenvalue weighted by Gasteiger charge is 2.37. The normalized spacial score (nSPS) is 15.4. The summed E-state index contributed by atoms with van der Waals surface area (Å²) in [5.41, 5.74) is 1.06. The molecule has 2 amide bonds. The van der Waals surface area contributed by atoms with Crippen molar-refractivity contribution in [3.63, 3.8) is 0 Å². The van der Waals surface area contributed by atoms with Gasteiger partial charge in [-0.25, -0.2) is 9.59 Å². The SMILES string of the molecule is COC(=O)C1CN(C(=O)NC(CN(C)Cc2ccccc2)C(=O)O)C1. The number of ether oxygens (including phenoxy) is 1. The molecule has 2 rings (SSSR count). The standard InChI is InChI=1S/C17H23N3O5/c1-19(8-12-6-4-3-5-7-12)11-14(15(21)22)18-17(24)20-9-13(10-20)16(23)25-2/h3-7,13-14H,8-11H2,1-2H3,(H,18,24)(H,21,22). The number of urea groups is 1. The number of methoxy groups -OCH3 is 1. The van der Waals surface area contributed by atoms with Gasteiger partial charge in [0.25, 0.3) is 0 Å². The summed E-state index contributed by atoms with van der Waals surface area (Å²) in [7, 11) is 3.10. The lowest BCUT2D eigenvalue weighted by atomic mass is 10.0. The highest BCUT2D eigenvalue weighted by Crippen LogP contribution is 2.16. The number of aliphatic carboxylic acids is 1. The van der Waals surface area contributed by atoms with Crippen LogP contribution in [0.3, 0.4) is 0 Å². The first-order chi connectivity index (χ1) is 11.9. The summed E-state index contributed by atoms with van der Waals surface area (Å²) in [6, 6.07) is 8.15. The third-order valence-corrected chi connectivity index (χ3v) is 4.09. The van der Waals surface area contributed by atoms with Crippen LogP contribution in [0.5, 0.6) is 0 Å². The molecule has 1 aliphatic rings. The van der Waals surface area contributed by atoms with Crippen LogP contribution in [0.2, 0.25) is 0 Å². The van der Waals surface area contributed by atoms with E-state index in [-0.39, 0.29) is 31.5 Å². The van der Waals surface area contributed by atoms with Crippen molar-refractivity contribution in [3.8, 4) is 0 Å². The zero-order valence-electron chi connectivity index (χ0n) is 14.3. The van der Waals surface area contributed by atoms with Crippen molar-refractivity contribution in [1.29, 1.82) is 0 Å². The monoisotopic (exact) mass is 349 g/mol. The van der Waals surface area contributed by atoms with Crippen LogP contribution in [0.25, 0.3) is 0 Å². The van der Waals surface area contributed by atoms with E-state index in [2.05, 4.69) is 10.1 Å². The highest BCUT2D eigenvalue weighted by atomic mass is 16.5. The minimum atomic E-state index is -1.10. The molecule has 1 aromatic rings. The summed E-state index contributed by atoms with van der Waals surface area (Å²) >= 11 is 0. The van der Waals surface area contributed by atoms with E-state index >= 15 is 0 Å². The number of amides is 2. The van der Waals surface area contributed by atoms with Gasteiger partial charge in [0.1, 0.15) is 6.04 Å². The van der Waals surface area contributed by atoms with Crippen LogP contribution in [-0.4, -0.2) is 72.7 Å². The van der Waals surface area contributed by atoms with Gasteiger partial charge in [0.2, 0.25) is 0 Å². The molecule has 1 unspecified atom stereocenters. The average Bonchev–Trinajstić information content (AvgIpc) is 2.53. The Hall–Kier alpha value is -2.61. The maximum atomic E-state index is 12.1. The number of hydrogen-bond donors (Lipinski definition) is 2. The van der Waals surface area contributed by atoms with Gasteiger partial charge < -0.3 is 20.1 Å². The minimum Gasteiger partial charge on any atom is -0.480 e. The van der Waals surface area contributed by atoms with Crippen LogP contribution in [0.4, 0.5) is 4.79 Å². The Balaban J connectivity index is 1.83. The Labute approximate surface area is 146 Å². The molecule has 1 saturated heterocycles. The first-order valence-electron chi connectivity index (χ1n) is 7.99. The van der Waals surface area contributed by atoms with Crippen LogP contribution >= 0.6 is 0 Å². The fraction of sp³-hybridized carbons (Fsp3) is 0.471. The summed E-state index contributed by atoms with van der Waals surface area (Å²) in [6.07, 6.45) is 0. The van der Waals surface area contributed by atoms with E-state index in [1.165, 1.54) is 12.0 Å². The molecule has 8 heteroatoms. The molecule has 2 N–H and O–H groups in total. The summed E-state index contributed by atoms with van der Waals surface area (Å²) in [4.78, 5) is 38.1. The summed E-state index contributed by atoms with van der Waals surface area (Å²) in [6.45, 7) is 1.23. The summed E-state index contributed by atoms with van der Waals surface area (Å²) in [5, 5.41) is 11.9. The lowest BCUT2D eigenvalue weighted by Crippen LogP contribution is -2.59. The Bertz CT molecular complexity index is 616. The molecule has 0 spiro atoms. The fourth-order valence-corrected chi connectivity index (χ4v) is 2.66. The minimum absolute atomic E-state index is 0.171. The van der Waals surface area contributed by atoms with Gasteiger partial charge in [-0.15, -0.1) is 0 Å². The maximum Gasteiger partial charge on any atom is 0.327 e. The van der Waals surface area contributed by atoms with E-state index in [9.17, 15) is 19.5 Å². The lowest BCUT2D eigenvalue weighted by molar-refractivity contribution is -0.150. The number of carbonyl (C=O) groups excluding carboxylic acids is 2. The number of esters is 1. The number of rotatable bonds is 7. The number of carbonyl (C=O) groups is 3. The maximum absolute atomic E-state index is 12.1. The topological polar surface area (TPSA) is 99.2 Å². The van der Waals surface area contributed by atoms with Crippen LogP contribution in [0.1, 0.15) is 5.56 Å². The molecule has 1 aliphatic heterocycles. The van der Waals surface area contributed by atoms with Gasteiger partial charge in [0.15, 0.2) is 0 Å². The van der Waals surface area contributed by atoms with Crippen LogP contribution in [0.15, 0.2) is 30.3 Å². The van der Waals surface area contributed by atoms with Crippen molar-refractivity contribution in [2.24, 2.45) is 5.92 Å². The van der Waals surface area contributed by atoms with Gasteiger partial charge in [0.05, 0.1) is 13.0 Å². The van der Waals surface area contributed by atoms with Crippen molar-refractivity contribution in [1.82, 2.24) is 15.1 Å². The number of likely N-dealkylation sites (tertiary alicyclic amines) is 1. The largest absolute Gasteiger partial charge is 0.480 e. The number of carboxylic acids is 1. The molecule has 0 saturated carbocycles. The molecule has 136 valence electrons. The first kappa shape index (κ1) is 18.7. The Morgan fingerprint density at radius 2 is 1.96 bits per heavy atom. The smallest absolute Gasteiger partial charge is 0.327 e. The zero-order valence-corrected chi connectivity index (χ0v) is 14.3. The van der Waals surface area contributed by atoms with Gasteiger partial charge in [-0.2, -0.15) is 0 Å². The van der Waals surface area contributed by atoms with Crippen molar-refractivity contribution < 1.29 is 24.2 Å². The predicted molar refractivity (Wildman–Crippen MR) is 89.8 cm³/mol. The number of nitrogens with zero attached hydrogens (tertiary/aromatic N) is 2. The van der Waals surface area contributed by atoms with Crippen molar-refractivity contribution >= 4 is 18.0 Å². The molecule has 1 aromatic carbocycles. The lowest BCUT2D eigenvalue weighted by Gasteiger charge is -2.38. The Kier molecular flexibility index (Phi) is 6.35. The summed E-state index contributed by atoms with van der Waals surface area (Å²) < 4.78 is 4.61. The van der Waals surface area contributed by atoms with Gasteiger partial charge in [-0.1, -0.05) is 30.3 Å². The quantitative estimate of drug-likeness (QED) is 0.691. The molecule has 1 heterocycles. The van der Waals surface area contributed by atoms with Crippen molar-refractivity contribution in [2.45, 2.75) is 12.6 Å². The van der Waals surface area contributed by atoms with Crippen LogP contribution in [0, 0.1) is 5.92 Å². The molecular formula is C17H23N3O5. The second kappa shape index (κ2) is 8.48. The number of carboxylic acid groups (broad SMARTS) is 1. The van der Waals surface area contributed by atoms with E-state index in [0.29, 0.717) is 6.54 Å². The zero-order chi connectivity index (χ0) is 18.4. The van der Waals surface area contributed by atoms with Crippen LogP contribution < -0.4 is 5.32 Å². The molecule has 8 nitrogen and oxygen atoms in total. The van der Waals surface area contributed by atoms with Crippen LogP contribution in [-0.2, 0) is 20.9 Å². The Morgan fingerprint density at radius 3 is 2.52 bits per heavy atom. The van der Waals surface area contributed by atoms with E-state index in [1.807, 2.05) is 35.2 Å². The second-order valence-electron chi connectivity index (χ2n) is 6.15. The van der Waals surface area contributed by atoms with Gasteiger partial charge in [-0.05, 0) is 12.6 Å². The molecular weight excluding hydrogens is 326 g/mol. The fourth-order valence-electron chi connectivity index (χ4n) is 2.66. The van der Waals surface area contributed by atoms with E-state index < -0.39 is 18.0 Å². The van der Waals surface area contributed by atoms with Crippen molar-refractivity contribution in [2.75, 3.05) is 33.8 Å². The molecule has 1 atom stereocenters. The second-order valence-corrected chi connectivity index (χ2v) is 6.15.